The fourth-order valence-corrected chi connectivity index (χ4v) is 13.5. The van der Waals surface area contributed by atoms with Crippen LogP contribution in [0.3, 0.4) is 0 Å². The van der Waals surface area contributed by atoms with E-state index < -0.39 is 24.0 Å². The van der Waals surface area contributed by atoms with Crippen LogP contribution in [0.25, 0.3) is 86.7 Å². The van der Waals surface area contributed by atoms with Crippen LogP contribution in [-0.4, -0.2) is 85.1 Å². The fraction of sp³-hybridized carbons (Fsp3) is 0.112. The average Bonchev–Trinajstić information content (AvgIpc) is 1.65. The van der Waals surface area contributed by atoms with Gasteiger partial charge in [-0.1, -0.05) is 307 Å². The molecule has 2 radical (unpaired) electrons. The first-order valence-electron chi connectivity index (χ1n) is 37.5. The van der Waals surface area contributed by atoms with Crippen LogP contribution in [0.2, 0.25) is 0 Å². The van der Waals surface area contributed by atoms with Gasteiger partial charge in [-0.05, 0) is 140 Å². The van der Waals surface area contributed by atoms with E-state index in [4.69, 9.17) is 19.9 Å². The molecule has 0 bridgehead atoms. The van der Waals surface area contributed by atoms with Gasteiger partial charge >= 0.3 is 34.1 Å². The molecule has 15 rings (SSSR count). The van der Waals surface area contributed by atoms with Crippen molar-refractivity contribution in [1.29, 1.82) is 0 Å². The quantitative estimate of drug-likeness (QED) is 0.0383. The Kier molecular flexibility index (Phi) is 30.7. The van der Waals surface area contributed by atoms with Gasteiger partial charge in [0.05, 0.1) is 88.2 Å². The number of hydrogen-bond acceptors (Lipinski definition) is 13. The molecule has 0 saturated carbocycles. The van der Waals surface area contributed by atoms with Crippen molar-refractivity contribution in [2.24, 2.45) is 0 Å². The van der Waals surface area contributed by atoms with Gasteiger partial charge in [0.25, 0.3) is 0 Å². The first kappa shape index (κ1) is 86.2. The number of carbonyl (C=O) groups is 3. The molecule has 15 aromatic rings. The maximum atomic E-state index is 15.7. The molecule has 0 aliphatic rings. The van der Waals surface area contributed by atoms with Crippen LogP contribution >= 0.6 is 0 Å². The zero-order valence-electron chi connectivity index (χ0n) is 64.6. The summed E-state index contributed by atoms with van der Waals surface area (Å²) in [6.45, 7) is 31.0. The summed E-state index contributed by atoms with van der Waals surface area (Å²) >= 11 is 0. The number of fused-ring (bicyclic) bond motifs is 4. The van der Waals surface area contributed by atoms with Crippen molar-refractivity contribution in [1.82, 2.24) is 48.0 Å². The number of benzene rings is 11. The predicted molar refractivity (Wildman–Crippen MR) is 456 cm³/mol. The number of aromatic carboxylic acids is 3. The maximum Gasteiger partial charge on any atom is 2.00 e. The molecule has 0 saturated heterocycles. The summed E-state index contributed by atoms with van der Waals surface area (Å²) in [6.07, 6.45) is 11.3. The van der Waals surface area contributed by atoms with E-state index in [1.54, 1.807) is 54.6 Å². The minimum absolute atomic E-state index is 0. The smallest absolute Gasteiger partial charge is 0.850 e. The normalized spacial score (nSPS) is 10.8. The third-order valence-electron chi connectivity index (χ3n) is 19.7. The zero-order valence-corrected chi connectivity index (χ0v) is 67.0. The first-order chi connectivity index (χ1) is 56.0. The number of carboxylic acid groups (broad SMARTS) is 3. The molecule has 584 valence electrons. The van der Waals surface area contributed by atoms with E-state index in [0.29, 0.717) is 52.4 Å². The van der Waals surface area contributed by atoms with Crippen molar-refractivity contribution in [3.8, 4) is 0 Å². The Morgan fingerprint density at radius 2 is 0.470 bits per heavy atom. The summed E-state index contributed by atoms with van der Waals surface area (Å²) < 4.78 is 9.19. The molecule has 19 heteroatoms. The molecule has 17 nitrogen and oxygen atoms in total. The molecule has 11 aromatic carbocycles. The van der Waals surface area contributed by atoms with Crippen molar-refractivity contribution in [3.63, 3.8) is 0 Å². The van der Waals surface area contributed by atoms with Crippen molar-refractivity contribution in [3.05, 3.63) is 414 Å². The number of carboxylic acids is 3. The second-order valence-electron chi connectivity index (χ2n) is 27.5. The second kappa shape index (κ2) is 41.7. The Morgan fingerprint density at radius 1 is 0.291 bits per heavy atom. The molecule has 0 fully saturated rings. The van der Waals surface area contributed by atoms with E-state index in [1.807, 2.05) is 48.6 Å². The van der Waals surface area contributed by atoms with Crippen molar-refractivity contribution >= 4 is 105 Å². The van der Waals surface area contributed by atoms with E-state index >= 15 is 5.11 Å². The molecule has 0 N–H and O–H groups in total. The number of hydrogen-bond donors (Lipinski definition) is 0. The van der Waals surface area contributed by atoms with Gasteiger partial charge in [0.15, 0.2) is 0 Å². The number of para-hydroxylation sites is 8. The number of imidazole rings is 4. The molecular weight excluding hydrogens is 1540 g/mol. The Hall–Kier alpha value is -13.2. The van der Waals surface area contributed by atoms with Crippen LogP contribution in [0.5, 0.6) is 0 Å². The second-order valence-corrected chi connectivity index (χ2v) is 27.5. The van der Waals surface area contributed by atoms with E-state index in [1.165, 1.54) is 36.4 Å². The van der Waals surface area contributed by atoms with Crippen LogP contribution in [0.15, 0.2) is 313 Å². The van der Waals surface area contributed by atoms with Crippen LogP contribution < -0.4 is 20.4 Å². The summed E-state index contributed by atoms with van der Waals surface area (Å²) in [5, 5.41) is 46.5. The molecule has 0 unspecified atom stereocenters. The summed E-state index contributed by atoms with van der Waals surface area (Å²) in [7, 11) is 0. The number of rotatable bonds is 30. The average molecular weight is 1630 g/mol. The summed E-state index contributed by atoms with van der Waals surface area (Å²) in [5.74, 6) is 0.00785. The van der Waals surface area contributed by atoms with Crippen LogP contribution in [0.4, 0.5) is 0 Å². The van der Waals surface area contributed by atoms with Gasteiger partial charge in [-0.25, -0.2) is 19.9 Å². The third kappa shape index (κ3) is 22.6. The Morgan fingerprint density at radius 3 is 0.650 bits per heavy atom. The largest absolute Gasteiger partial charge is 2.00 e. The monoisotopic (exact) mass is 1620 g/mol. The molecule has 0 amide bonds. The first-order valence-corrected chi connectivity index (χ1v) is 37.5. The molecule has 0 spiro atoms. The van der Waals surface area contributed by atoms with Gasteiger partial charge in [-0.2, -0.15) is 0 Å². The van der Waals surface area contributed by atoms with Crippen LogP contribution in [-0.2, 0) is 86.5 Å². The molecular formula is C98H86Mn2N10O7. The number of carbonyl (C=O) groups excluding carboxylic acids is 3. The summed E-state index contributed by atoms with van der Waals surface area (Å²) in [4.78, 5) is 56.6. The Balaban J connectivity index is 0.000000340. The molecule has 0 aliphatic carbocycles. The third-order valence-corrected chi connectivity index (χ3v) is 19.7. The summed E-state index contributed by atoms with van der Waals surface area (Å²) in [5.41, 5.74) is 19.8. The van der Waals surface area contributed by atoms with Gasteiger partial charge in [0.1, 0.15) is 23.3 Å². The predicted octanol–water partition coefficient (Wildman–Crippen LogP) is 15.4. The molecule has 4 aromatic heterocycles. The Labute approximate surface area is 702 Å². The molecule has 0 atom stereocenters. The molecule has 4 heterocycles. The zero-order chi connectivity index (χ0) is 80.7. The minimum atomic E-state index is -1.15. The van der Waals surface area contributed by atoms with Gasteiger partial charge in [0.2, 0.25) is 0 Å². The minimum Gasteiger partial charge on any atom is -0.850 e. The van der Waals surface area contributed by atoms with E-state index in [0.717, 1.165) is 129 Å². The van der Waals surface area contributed by atoms with Gasteiger partial charge < -0.3 is 53.1 Å². The number of aromatic nitrogens is 8. The topological polar surface area (TPSA) is 221 Å². The van der Waals surface area contributed by atoms with Gasteiger partial charge in [0, 0.05) is 26.2 Å². The summed E-state index contributed by atoms with van der Waals surface area (Å²) in [6, 6.07) is 86.2. The van der Waals surface area contributed by atoms with Gasteiger partial charge in [-0.3, -0.25) is 9.80 Å². The standard InChI is InChI=1S/C71H65N10O.3C9H8O2.2Mn/c1-5-51-25-33-55(34-26-51)41-78-64-21-13-9-17-60(64)72-68(78)47-76(48-69-73-61-18-10-14-22-65(61)79(69)42-56-35-27-52(6-2)28-36-56)45-59(82)46-77(49-70-74-62-19-11-15-23-66(62)80(70)43-57-37-29-53(7-3)30-38-57)50-71-75-63-20-12-16-24-67(63)81(71)44-58-39-31-54(8-4)32-40-58;3*1-2-7-3-5-8(6-4-7)9(10)11;;/h5-40,59H,1-4,41-50H2;3*2-6H,1H2,(H,10,11);;/q-1;;;;2*+2/p-3. The van der Waals surface area contributed by atoms with Gasteiger partial charge in [-0.15, -0.1) is 6.10 Å². The molecule has 0 aliphatic heterocycles. The van der Waals surface area contributed by atoms with Crippen molar-refractivity contribution in [2.75, 3.05) is 13.1 Å². The SMILES string of the molecule is C=Cc1ccc(C(=O)[O-])cc1.C=Cc1ccc(C(=O)[O-])cc1.C=Cc1ccc(C(=O)[O-])cc1.C=Cc1ccc(Cn2c(CN(Cc3nc4ccccc4n3Cc3ccc(C=C)cc3)CC([O-])CN(Cc3nc4ccccc4n3Cc3ccc(C=C)cc3)Cc3nc4ccccc4n3Cc3ccc(C=C)cc3)nc3ccccc32)cc1.[Mn+2].[Mn+2]. The Bertz CT molecular complexity index is 5260. The van der Waals surface area contributed by atoms with E-state index in [2.05, 4.69) is 244 Å². The van der Waals surface area contributed by atoms with Crippen molar-refractivity contribution in [2.45, 2.75) is 58.5 Å². The maximum absolute atomic E-state index is 15.7. The van der Waals surface area contributed by atoms with E-state index in [9.17, 15) is 29.7 Å². The van der Waals surface area contributed by atoms with Crippen LogP contribution in [0, 0.1) is 0 Å². The van der Waals surface area contributed by atoms with E-state index in [-0.39, 0.29) is 63.9 Å². The fourth-order valence-electron chi connectivity index (χ4n) is 13.5. The van der Waals surface area contributed by atoms with Crippen molar-refractivity contribution < 1.29 is 68.9 Å². The number of nitrogens with zero attached hydrogens (tertiary/aromatic N) is 10. The molecule has 117 heavy (non-hydrogen) atoms. The van der Waals surface area contributed by atoms with Crippen LogP contribution in [0.1, 0.15) is 116 Å².